The van der Waals surface area contributed by atoms with Gasteiger partial charge in [-0.1, -0.05) is 0 Å². The van der Waals surface area contributed by atoms with E-state index in [2.05, 4.69) is 5.32 Å². The predicted octanol–water partition coefficient (Wildman–Crippen LogP) is 3.76. The van der Waals surface area contributed by atoms with Crippen molar-refractivity contribution < 1.29 is 23.1 Å². The maximum Gasteiger partial charge on any atom is 0.416 e. The van der Waals surface area contributed by atoms with E-state index in [1.54, 1.807) is 0 Å². The van der Waals surface area contributed by atoms with Gasteiger partial charge in [0.25, 0.3) is 0 Å². The van der Waals surface area contributed by atoms with Gasteiger partial charge in [0.05, 0.1) is 11.5 Å². The molecule has 2 rings (SSSR count). The molecule has 0 heterocycles. The fourth-order valence-electron chi connectivity index (χ4n) is 2.48. The molecule has 0 saturated heterocycles. The number of nitrogens with one attached hydrogen (secondary N) is 1. The van der Waals surface area contributed by atoms with Crippen LogP contribution >= 0.6 is 0 Å². The van der Waals surface area contributed by atoms with Crippen LogP contribution in [0.1, 0.15) is 31.2 Å². The maximum absolute atomic E-state index is 12.4. The average Bonchev–Trinajstić information content (AvgIpc) is 2.39. The maximum atomic E-state index is 12.4. The largest absolute Gasteiger partial charge is 0.481 e. The molecule has 0 bridgehead atoms. The minimum atomic E-state index is -4.32. The van der Waals surface area contributed by atoms with Crippen molar-refractivity contribution in [2.24, 2.45) is 5.92 Å². The van der Waals surface area contributed by atoms with Crippen LogP contribution in [0.15, 0.2) is 24.3 Å². The molecule has 0 radical (unpaired) electrons. The Morgan fingerprint density at radius 3 is 2.10 bits per heavy atom. The molecule has 110 valence electrons. The van der Waals surface area contributed by atoms with Crippen LogP contribution in [0.4, 0.5) is 18.9 Å². The Balaban J connectivity index is 1.90. The van der Waals surface area contributed by atoms with Crippen LogP contribution in [-0.2, 0) is 11.0 Å². The summed E-state index contributed by atoms with van der Waals surface area (Å²) in [5.74, 6) is -1.06. The summed E-state index contributed by atoms with van der Waals surface area (Å²) < 4.78 is 37.3. The van der Waals surface area contributed by atoms with Gasteiger partial charge in [-0.25, -0.2) is 0 Å². The lowest BCUT2D eigenvalue weighted by atomic mass is 9.86. The molecule has 1 aromatic rings. The first kappa shape index (κ1) is 14.7. The summed E-state index contributed by atoms with van der Waals surface area (Å²) in [5, 5.41) is 12.1. The number of anilines is 1. The summed E-state index contributed by atoms with van der Waals surface area (Å²) in [6, 6.07) is 5.04. The zero-order chi connectivity index (χ0) is 14.8. The number of halogens is 3. The standard InChI is InChI=1S/C14H16F3NO2/c15-14(16,17)10-3-7-12(8-4-10)18-11-5-1-9(2-6-11)13(19)20/h3-4,7-9,11,18H,1-2,5-6H2,(H,19,20). The minimum absolute atomic E-state index is 0.127. The van der Waals surface area contributed by atoms with Gasteiger partial charge in [0.2, 0.25) is 0 Å². The van der Waals surface area contributed by atoms with E-state index < -0.39 is 17.7 Å². The van der Waals surface area contributed by atoms with Gasteiger partial charge in [0, 0.05) is 11.7 Å². The van der Waals surface area contributed by atoms with E-state index in [0.29, 0.717) is 18.5 Å². The highest BCUT2D eigenvalue weighted by atomic mass is 19.4. The molecular formula is C14H16F3NO2. The third kappa shape index (κ3) is 3.65. The van der Waals surface area contributed by atoms with Gasteiger partial charge in [-0.05, 0) is 49.9 Å². The minimum Gasteiger partial charge on any atom is -0.481 e. The number of carbonyl (C=O) groups is 1. The molecule has 6 heteroatoms. The van der Waals surface area contributed by atoms with Crippen molar-refractivity contribution >= 4 is 11.7 Å². The first-order valence-corrected chi connectivity index (χ1v) is 6.53. The fourth-order valence-corrected chi connectivity index (χ4v) is 2.48. The highest BCUT2D eigenvalue weighted by Gasteiger charge is 2.30. The Bertz CT molecular complexity index is 462. The van der Waals surface area contributed by atoms with Crippen LogP contribution in [0.25, 0.3) is 0 Å². The van der Waals surface area contributed by atoms with Crippen molar-refractivity contribution in [3.63, 3.8) is 0 Å². The lowest BCUT2D eigenvalue weighted by Crippen LogP contribution is -2.29. The summed E-state index contributed by atoms with van der Waals surface area (Å²) in [6.45, 7) is 0. The van der Waals surface area contributed by atoms with Gasteiger partial charge < -0.3 is 10.4 Å². The number of carboxylic acid groups (broad SMARTS) is 1. The first-order valence-electron chi connectivity index (χ1n) is 6.53. The number of alkyl halides is 3. The molecule has 0 spiro atoms. The van der Waals surface area contributed by atoms with Crippen molar-refractivity contribution in [1.29, 1.82) is 0 Å². The van der Waals surface area contributed by atoms with Crippen LogP contribution in [0.2, 0.25) is 0 Å². The molecule has 0 atom stereocenters. The lowest BCUT2D eigenvalue weighted by molar-refractivity contribution is -0.142. The molecule has 1 fully saturated rings. The van der Waals surface area contributed by atoms with E-state index in [0.717, 1.165) is 25.0 Å². The summed E-state index contributed by atoms with van der Waals surface area (Å²) in [5.41, 5.74) is -0.0330. The number of benzene rings is 1. The Morgan fingerprint density at radius 2 is 1.65 bits per heavy atom. The number of aliphatic carboxylic acids is 1. The predicted molar refractivity (Wildman–Crippen MR) is 68.4 cm³/mol. The van der Waals surface area contributed by atoms with Crippen LogP contribution < -0.4 is 5.32 Å². The van der Waals surface area contributed by atoms with Crippen molar-refractivity contribution in [2.75, 3.05) is 5.32 Å². The molecule has 1 aliphatic rings. The average molecular weight is 287 g/mol. The van der Waals surface area contributed by atoms with Gasteiger partial charge in [-0.15, -0.1) is 0 Å². The molecule has 1 aliphatic carbocycles. The van der Waals surface area contributed by atoms with E-state index >= 15 is 0 Å². The second kappa shape index (κ2) is 5.73. The van der Waals surface area contributed by atoms with Gasteiger partial charge in [-0.2, -0.15) is 13.2 Å². The van der Waals surface area contributed by atoms with Crippen LogP contribution in [0.3, 0.4) is 0 Å². The number of carboxylic acids is 1. The normalized spacial score (nSPS) is 23.4. The molecule has 1 aromatic carbocycles. The van der Waals surface area contributed by atoms with Crippen molar-refractivity contribution in [1.82, 2.24) is 0 Å². The van der Waals surface area contributed by atoms with Gasteiger partial charge >= 0.3 is 12.1 Å². The molecule has 0 aliphatic heterocycles. The highest BCUT2D eigenvalue weighted by Crippen LogP contribution is 2.31. The smallest absolute Gasteiger partial charge is 0.416 e. The monoisotopic (exact) mass is 287 g/mol. The quantitative estimate of drug-likeness (QED) is 0.890. The summed E-state index contributed by atoms with van der Waals surface area (Å²) in [4.78, 5) is 10.8. The van der Waals surface area contributed by atoms with E-state index in [-0.39, 0.29) is 12.0 Å². The van der Waals surface area contributed by atoms with E-state index in [9.17, 15) is 18.0 Å². The zero-order valence-corrected chi connectivity index (χ0v) is 10.8. The lowest BCUT2D eigenvalue weighted by Gasteiger charge is -2.27. The molecule has 0 aromatic heterocycles. The highest BCUT2D eigenvalue weighted by molar-refractivity contribution is 5.70. The topological polar surface area (TPSA) is 49.3 Å². The molecular weight excluding hydrogens is 271 g/mol. The molecule has 20 heavy (non-hydrogen) atoms. The summed E-state index contributed by atoms with van der Waals surface area (Å²) in [6.07, 6.45) is -1.67. The number of rotatable bonds is 3. The van der Waals surface area contributed by atoms with E-state index in [4.69, 9.17) is 5.11 Å². The third-order valence-corrected chi connectivity index (χ3v) is 3.66. The van der Waals surface area contributed by atoms with E-state index in [1.807, 2.05) is 0 Å². The first-order chi connectivity index (χ1) is 9.36. The second-order valence-corrected chi connectivity index (χ2v) is 5.11. The second-order valence-electron chi connectivity index (χ2n) is 5.11. The van der Waals surface area contributed by atoms with Gasteiger partial charge in [-0.3, -0.25) is 4.79 Å². The van der Waals surface area contributed by atoms with Crippen LogP contribution in [0.5, 0.6) is 0 Å². The molecule has 2 N–H and O–H groups in total. The Kier molecular flexibility index (Phi) is 4.20. The zero-order valence-electron chi connectivity index (χ0n) is 10.8. The van der Waals surface area contributed by atoms with Gasteiger partial charge in [0.1, 0.15) is 0 Å². The SMILES string of the molecule is O=C(O)C1CCC(Nc2ccc(C(F)(F)F)cc2)CC1. The Hall–Kier alpha value is -1.72. The van der Waals surface area contributed by atoms with Gasteiger partial charge in [0.15, 0.2) is 0 Å². The summed E-state index contributed by atoms with van der Waals surface area (Å²) in [7, 11) is 0. The number of hydrogen-bond donors (Lipinski definition) is 2. The molecule has 1 saturated carbocycles. The molecule has 0 amide bonds. The van der Waals surface area contributed by atoms with Crippen LogP contribution in [0, 0.1) is 5.92 Å². The summed E-state index contributed by atoms with van der Waals surface area (Å²) >= 11 is 0. The number of hydrogen-bond acceptors (Lipinski definition) is 2. The Morgan fingerprint density at radius 1 is 1.10 bits per heavy atom. The van der Waals surface area contributed by atoms with Crippen molar-refractivity contribution in [3.05, 3.63) is 29.8 Å². The van der Waals surface area contributed by atoms with Crippen LogP contribution in [-0.4, -0.2) is 17.1 Å². The van der Waals surface area contributed by atoms with Crippen molar-refractivity contribution in [2.45, 2.75) is 37.9 Å². The van der Waals surface area contributed by atoms with Crippen molar-refractivity contribution in [3.8, 4) is 0 Å². The van der Waals surface area contributed by atoms with E-state index in [1.165, 1.54) is 12.1 Å². The molecule has 0 unspecified atom stereocenters. The fraction of sp³-hybridized carbons (Fsp3) is 0.500. The molecule has 3 nitrogen and oxygen atoms in total. The third-order valence-electron chi connectivity index (χ3n) is 3.66. The Labute approximate surface area is 114 Å².